The minimum Gasteiger partial charge on any atom is -0.381 e. The normalized spacial score (nSPS) is 22.4. The van der Waals surface area contributed by atoms with E-state index in [1.54, 1.807) is 30.6 Å². The molecule has 124 valence electrons. The molecule has 0 radical (unpaired) electrons. The van der Waals surface area contributed by atoms with Gasteiger partial charge in [0, 0.05) is 37.5 Å². The first-order valence-corrected chi connectivity index (χ1v) is 8.93. The molecule has 3 rings (SSSR count). The van der Waals surface area contributed by atoms with Crippen LogP contribution in [0, 0.1) is 18.7 Å². The third kappa shape index (κ3) is 3.97. The largest absolute Gasteiger partial charge is 0.381 e. The van der Waals surface area contributed by atoms with Crippen molar-refractivity contribution < 1.29 is 9.13 Å². The maximum Gasteiger partial charge on any atom is 0.126 e. The summed E-state index contributed by atoms with van der Waals surface area (Å²) in [6.45, 7) is 4.94. The molecule has 0 N–H and O–H groups in total. The number of methoxy groups -OCH3 is 1. The summed E-state index contributed by atoms with van der Waals surface area (Å²) in [4.78, 5) is 8.10. The Morgan fingerprint density at radius 2 is 2.22 bits per heavy atom. The van der Waals surface area contributed by atoms with Crippen molar-refractivity contribution in [2.24, 2.45) is 5.92 Å². The Balaban J connectivity index is 1.69. The van der Waals surface area contributed by atoms with Crippen LogP contribution in [0.4, 0.5) is 4.39 Å². The van der Waals surface area contributed by atoms with Crippen LogP contribution in [0.1, 0.15) is 22.6 Å². The minimum absolute atomic E-state index is 0.113. The summed E-state index contributed by atoms with van der Waals surface area (Å²) >= 11 is 1.71. The first kappa shape index (κ1) is 16.6. The van der Waals surface area contributed by atoms with Crippen molar-refractivity contribution in [2.45, 2.75) is 32.4 Å². The molecule has 0 unspecified atom stereocenters. The molecule has 0 amide bonds. The van der Waals surface area contributed by atoms with E-state index < -0.39 is 0 Å². The van der Waals surface area contributed by atoms with E-state index in [0.29, 0.717) is 5.92 Å². The fourth-order valence-electron chi connectivity index (χ4n) is 3.36. The van der Waals surface area contributed by atoms with E-state index in [4.69, 9.17) is 4.74 Å². The quantitative estimate of drug-likeness (QED) is 0.834. The lowest BCUT2D eigenvalue weighted by Crippen LogP contribution is -2.44. The molecular weight excluding hydrogens is 311 g/mol. The highest BCUT2D eigenvalue weighted by Gasteiger charge is 2.30. The van der Waals surface area contributed by atoms with Crippen molar-refractivity contribution in [3.63, 3.8) is 0 Å². The smallest absolute Gasteiger partial charge is 0.126 e. The molecule has 2 atom stereocenters. The van der Waals surface area contributed by atoms with Crippen LogP contribution in [-0.4, -0.2) is 36.2 Å². The Morgan fingerprint density at radius 3 is 2.91 bits per heavy atom. The van der Waals surface area contributed by atoms with Crippen molar-refractivity contribution >= 4 is 11.3 Å². The Labute approximate surface area is 141 Å². The van der Waals surface area contributed by atoms with Crippen molar-refractivity contribution in [1.82, 2.24) is 9.88 Å². The molecule has 5 heteroatoms. The highest BCUT2D eigenvalue weighted by Crippen LogP contribution is 2.26. The van der Waals surface area contributed by atoms with Crippen LogP contribution in [0.3, 0.4) is 0 Å². The fourth-order valence-corrected chi connectivity index (χ4v) is 4.18. The number of nitrogens with zero attached hydrogens (tertiary/aromatic N) is 2. The summed E-state index contributed by atoms with van der Waals surface area (Å²) < 4.78 is 19.6. The van der Waals surface area contributed by atoms with Crippen LogP contribution in [-0.2, 0) is 17.7 Å². The zero-order chi connectivity index (χ0) is 16.2. The number of aromatic nitrogens is 1. The number of halogens is 1. The van der Waals surface area contributed by atoms with Crippen LogP contribution in [0.2, 0.25) is 0 Å². The number of piperidine rings is 1. The third-order valence-corrected chi connectivity index (χ3v) is 5.62. The van der Waals surface area contributed by atoms with Gasteiger partial charge < -0.3 is 4.74 Å². The number of ether oxygens (including phenoxy) is 1. The minimum atomic E-state index is -0.113. The third-order valence-electron chi connectivity index (χ3n) is 4.70. The number of hydrogen-bond acceptors (Lipinski definition) is 4. The molecule has 0 aliphatic carbocycles. The van der Waals surface area contributed by atoms with Gasteiger partial charge in [0.1, 0.15) is 5.82 Å². The maximum atomic E-state index is 14.0. The standard InChI is InChI=1S/C18H23FN2OS/c1-13-18(23-12-20-13)11-21-8-7-17(22-2)15(10-21)9-14-5-3-4-6-16(14)19/h3-6,12,15,17H,7-11H2,1-2H3/t15-,17+/m1/s1. The molecule has 0 spiro atoms. The molecule has 3 nitrogen and oxygen atoms in total. The van der Waals surface area contributed by atoms with Gasteiger partial charge >= 0.3 is 0 Å². The van der Waals surface area contributed by atoms with E-state index in [0.717, 1.165) is 43.7 Å². The number of hydrogen-bond donors (Lipinski definition) is 0. The van der Waals surface area contributed by atoms with Gasteiger partial charge in [-0.05, 0) is 31.4 Å². The van der Waals surface area contributed by atoms with Gasteiger partial charge in [-0.3, -0.25) is 4.90 Å². The van der Waals surface area contributed by atoms with Crippen molar-refractivity contribution in [2.75, 3.05) is 20.2 Å². The van der Waals surface area contributed by atoms with Gasteiger partial charge in [-0.25, -0.2) is 9.37 Å². The Bertz CT molecular complexity index is 645. The van der Waals surface area contributed by atoms with Crippen LogP contribution >= 0.6 is 11.3 Å². The second-order valence-corrected chi connectivity index (χ2v) is 7.15. The topological polar surface area (TPSA) is 25.4 Å². The van der Waals surface area contributed by atoms with E-state index in [2.05, 4.69) is 16.8 Å². The van der Waals surface area contributed by atoms with Gasteiger partial charge in [0.25, 0.3) is 0 Å². The summed E-state index contributed by atoms with van der Waals surface area (Å²) in [5, 5.41) is 0. The molecule has 1 saturated heterocycles. The summed E-state index contributed by atoms with van der Waals surface area (Å²) in [6.07, 6.45) is 1.92. The molecule has 2 aromatic rings. The first-order valence-electron chi connectivity index (χ1n) is 8.05. The molecule has 1 aliphatic heterocycles. The van der Waals surface area contributed by atoms with Gasteiger partial charge in [-0.2, -0.15) is 0 Å². The molecule has 23 heavy (non-hydrogen) atoms. The second-order valence-electron chi connectivity index (χ2n) is 6.21. The molecule has 0 saturated carbocycles. The SMILES string of the molecule is CO[C@H]1CCN(Cc2scnc2C)C[C@H]1Cc1ccccc1F. The summed E-state index contributed by atoms with van der Waals surface area (Å²) in [7, 11) is 1.77. The summed E-state index contributed by atoms with van der Waals surface area (Å²) in [5.41, 5.74) is 3.81. The zero-order valence-electron chi connectivity index (χ0n) is 13.7. The summed E-state index contributed by atoms with van der Waals surface area (Å²) in [5.74, 6) is 0.205. The zero-order valence-corrected chi connectivity index (χ0v) is 14.5. The highest BCUT2D eigenvalue weighted by atomic mass is 32.1. The van der Waals surface area contributed by atoms with Crippen LogP contribution < -0.4 is 0 Å². The Morgan fingerprint density at radius 1 is 1.39 bits per heavy atom. The molecular formula is C18H23FN2OS. The Hall–Kier alpha value is -1.30. The average Bonchev–Trinajstić information content (AvgIpc) is 2.95. The number of likely N-dealkylation sites (tertiary alicyclic amines) is 1. The molecule has 0 bridgehead atoms. The van der Waals surface area contributed by atoms with Gasteiger partial charge in [-0.1, -0.05) is 18.2 Å². The Kier molecular flexibility index (Phi) is 5.41. The monoisotopic (exact) mass is 334 g/mol. The molecule has 1 aromatic heterocycles. The molecule has 2 heterocycles. The highest BCUT2D eigenvalue weighted by molar-refractivity contribution is 7.09. The molecule has 1 fully saturated rings. The number of benzene rings is 1. The number of thiazole rings is 1. The van der Waals surface area contributed by atoms with Crippen molar-refractivity contribution in [3.8, 4) is 0 Å². The van der Waals surface area contributed by atoms with Crippen molar-refractivity contribution in [3.05, 3.63) is 51.7 Å². The van der Waals surface area contributed by atoms with E-state index in [1.165, 1.54) is 4.88 Å². The van der Waals surface area contributed by atoms with E-state index >= 15 is 0 Å². The fraction of sp³-hybridized carbons (Fsp3) is 0.500. The van der Waals surface area contributed by atoms with Gasteiger partial charge in [-0.15, -0.1) is 11.3 Å². The lowest BCUT2D eigenvalue weighted by molar-refractivity contribution is -0.00853. The lowest BCUT2D eigenvalue weighted by Gasteiger charge is -2.38. The number of aryl methyl sites for hydroxylation is 1. The maximum absolute atomic E-state index is 14.0. The van der Waals surface area contributed by atoms with Gasteiger partial charge in [0.05, 0.1) is 17.3 Å². The van der Waals surface area contributed by atoms with Crippen molar-refractivity contribution in [1.29, 1.82) is 0 Å². The van der Waals surface area contributed by atoms with E-state index in [-0.39, 0.29) is 11.9 Å². The van der Waals surface area contributed by atoms with Gasteiger partial charge in [0.15, 0.2) is 0 Å². The summed E-state index contributed by atoms with van der Waals surface area (Å²) in [6, 6.07) is 7.07. The molecule has 1 aliphatic rings. The van der Waals surface area contributed by atoms with Crippen LogP contribution in [0.5, 0.6) is 0 Å². The van der Waals surface area contributed by atoms with E-state index in [9.17, 15) is 4.39 Å². The average molecular weight is 334 g/mol. The van der Waals surface area contributed by atoms with Gasteiger partial charge in [0.2, 0.25) is 0 Å². The van der Waals surface area contributed by atoms with Crippen LogP contribution in [0.15, 0.2) is 29.8 Å². The van der Waals surface area contributed by atoms with E-state index in [1.807, 2.05) is 17.6 Å². The first-order chi connectivity index (χ1) is 11.2. The predicted molar refractivity (Wildman–Crippen MR) is 91.1 cm³/mol. The molecule has 1 aromatic carbocycles. The second kappa shape index (κ2) is 7.51. The van der Waals surface area contributed by atoms with Crippen LogP contribution in [0.25, 0.3) is 0 Å². The lowest BCUT2D eigenvalue weighted by atomic mass is 9.88. The number of rotatable bonds is 5. The predicted octanol–water partition coefficient (Wildman–Crippen LogP) is 3.67.